The third-order valence-electron chi connectivity index (χ3n) is 3.60. The molecule has 0 saturated carbocycles. The standard InChI is InChI=1S/C19H19FN2/c1-5-6-16-18(12(2)3)17(11-21)13(4)22-19(16)14-7-9-15(20)10-8-14/h5-10,12H,1-4H3. The van der Waals surface area contributed by atoms with Crippen LogP contribution >= 0.6 is 0 Å². The third-order valence-corrected chi connectivity index (χ3v) is 3.60. The lowest BCUT2D eigenvalue weighted by Crippen LogP contribution is -2.05. The van der Waals surface area contributed by atoms with Crippen LogP contribution in [-0.4, -0.2) is 4.98 Å². The summed E-state index contributed by atoms with van der Waals surface area (Å²) in [7, 11) is 0. The Balaban J connectivity index is 2.84. The molecule has 0 unspecified atom stereocenters. The smallest absolute Gasteiger partial charge is 0.123 e. The van der Waals surface area contributed by atoms with Crippen molar-refractivity contribution in [2.75, 3.05) is 0 Å². The van der Waals surface area contributed by atoms with E-state index in [1.807, 2.05) is 26.0 Å². The van der Waals surface area contributed by atoms with Gasteiger partial charge in [-0.1, -0.05) is 26.0 Å². The molecule has 0 atom stereocenters. The van der Waals surface area contributed by atoms with Gasteiger partial charge >= 0.3 is 0 Å². The van der Waals surface area contributed by atoms with Crippen LogP contribution in [0.15, 0.2) is 30.3 Å². The molecule has 0 aliphatic rings. The monoisotopic (exact) mass is 294 g/mol. The Bertz CT molecular complexity index is 750. The van der Waals surface area contributed by atoms with Crippen LogP contribution in [0.5, 0.6) is 0 Å². The van der Waals surface area contributed by atoms with E-state index in [2.05, 4.69) is 24.9 Å². The molecule has 0 saturated heterocycles. The molecule has 2 nitrogen and oxygen atoms in total. The SMILES string of the molecule is CC=Cc1c(-c2ccc(F)cc2)nc(C)c(C#N)c1C(C)C. The lowest BCUT2D eigenvalue weighted by molar-refractivity contribution is 0.628. The molecule has 0 N–H and O–H groups in total. The number of allylic oxidation sites excluding steroid dienone is 1. The Labute approximate surface area is 130 Å². The number of hydrogen-bond donors (Lipinski definition) is 0. The summed E-state index contributed by atoms with van der Waals surface area (Å²) in [6.07, 6.45) is 3.91. The van der Waals surface area contributed by atoms with Crippen LogP contribution in [0.2, 0.25) is 0 Å². The highest BCUT2D eigenvalue weighted by molar-refractivity contribution is 5.76. The van der Waals surface area contributed by atoms with Gasteiger partial charge in [0.15, 0.2) is 0 Å². The summed E-state index contributed by atoms with van der Waals surface area (Å²) in [4.78, 5) is 4.61. The van der Waals surface area contributed by atoms with Gasteiger partial charge < -0.3 is 0 Å². The lowest BCUT2D eigenvalue weighted by Gasteiger charge is -2.18. The fourth-order valence-electron chi connectivity index (χ4n) is 2.64. The predicted molar refractivity (Wildman–Crippen MR) is 87.9 cm³/mol. The Morgan fingerprint density at radius 1 is 1.23 bits per heavy atom. The molecule has 1 aromatic heterocycles. The van der Waals surface area contributed by atoms with E-state index < -0.39 is 0 Å². The molecule has 0 aliphatic carbocycles. The van der Waals surface area contributed by atoms with Crippen molar-refractivity contribution < 1.29 is 4.39 Å². The number of aromatic nitrogens is 1. The molecule has 0 radical (unpaired) electrons. The van der Waals surface area contributed by atoms with Gasteiger partial charge in [-0.25, -0.2) is 4.39 Å². The van der Waals surface area contributed by atoms with Gasteiger partial charge in [-0.3, -0.25) is 4.98 Å². The van der Waals surface area contributed by atoms with Gasteiger partial charge in [0.05, 0.1) is 17.0 Å². The maximum atomic E-state index is 13.2. The molecule has 0 spiro atoms. The number of nitrogens with zero attached hydrogens (tertiary/aromatic N) is 2. The molecule has 1 aromatic carbocycles. The van der Waals surface area contributed by atoms with E-state index in [4.69, 9.17) is 0 Å². The van der Waals surface area contributed by atoms with E-state index in [0.29, 0.717) is 11.3 Å². The van der Waals surface area contributed by atoms with Crippen molar-refractivity contribution in [3.8, 4) is 17.3 Å². The Morgan fingerprint density at radius 3 is 2.36 bits per heavy atom. The highest BCUT2D eigenvalue weighted by Gasteiger charge is 2.19. The second kappa shape index (κ2) is 6.53. The van der Waals surface area contributed by atoms with E-state index in [0.717, 1.165) is 22.4 Å². The van der Waals surface area contributed by atoms with Crippen molar-refractivity contribution in [1.82, 2.24) is 4.98 Å². The number of halogens is 1. The average molecular weight is 294 g/mol. The molecule has 0 bridgehead atoms. The van der Waals surface area contributed by atoms with Crippen molar-refractivity contribution in [1.29, 1.82) is 5.26 Å². The average Bonchev–Trinajstić information content (AvgIpc) is 2.49. The minimum absolute atomic E-state index is 0.196. The second-order valence-electron chi connectivity index (χ2n) is 5.52. The van der Waals surface area contributed by atoms with Crippen molar-refractivity contribution >= 4 is 6.08 Å². The Hall–Kier alpha value is -2.47. The number of rotatable bonds is 3. The Morgan fingerprint density at radius 2 is 1.86 bits per heavy atom. The molecular weight excluding hydrogens is 275 g/mol. The first kappa shape index (κ1) is 15.9. The molecule has 22 heavy (non-hydrogen) atoms. The van der Waals surface area contributed by atoms with Crippen LogP contribution in [0, 0.1) is 24.1 Å². The summed E-state index contributed by atoms with van der Waals surface area (Å²) in [6.45, 7) is 7.91. The first-order valence-corrected chi connectivity index (χ1v) is 7.32. The normalized spacial score (nSPS) is 11.1. The summed E-state index contributed by atoms with van der Waals surface area (Å²) in [5.74, 6) is -0.0764. The first-order chi connectivity index (χ1) is 10.5. The molecule has 0 aliphatic heterocycles. The van der Waals surface area contributed by atoms with Crippen molar-refractivity contribution in [3.05, 3.63) is 58.5 Å². The summed E-state index contributed by atoms with van der Waals surface area (Å²) < 4.78 is 13.2. The molecular formula is C19H19FN2. The first-order valence-electron chi connectivity index (χ1n) is 7.32. The third kappa shape index (κ3) is 2.92. The van der Waals surface area contributed by atoms with Crippen molar-refractivity contribution in [3.63, 3.8) is 0 Å². The fraction of sp³-hybridized carbons (Fsp3) is 0.263. The number of hydrogen-bond acceptors (Lipinski definition) is 2. The van der Waals surface area contributed by atoms with Crippen LogP contribution in [0.3, 0.4) is 0 Å². The topological polar surface area (TPSA) is 36.7 Å². The van der Waals surface area contributed by atoms with Gasteiger partial charge in [0.2, 0.25) is 0 Å². The minimum Gasteiger partial charge on any atom is -0.251 e. The zero-order chi connectivity index (χ0) is 16.3. The number of benzene rings is 1. The summed E-state index contributed by atoms with van der Waals surface area (Å²) in [6, 6.07) is 8.58. The van der Waals surface area contributed by atoms with E-state index in [-0.39, 0.29) is 11.7 Å². The quantitative estimate of drug-likeness (QED) is 0.777. The van der Waals surface area contributed by atoms with Gasteiger partial charge in [-0.15, -0.1) is 0 Å². The maximum absolute atomic E-state index is 13.2. The van der Waals surface area contributed by atoms with Crippen LogP contribution in [0.25, 0.3) is 17.3 Å². The van der Waals surface area contributed by atoms with E-state index in [1.54, 1.807) is 12.1 Å². The van der Waals surface area contributed by atoms with E-state index in [9.17, 15) is 9.65 Å². The molecule has 3 heteroatoms. The highest BCUT2D eigenvalue weighted by atomic mass is 19.1. The van der Waals surface area contributed by atoms with Gasteiger partial charge in [-0.05, 0) is 49.6 Å². The molecule has 1 heterocycles. The molecule has 2 rings (SSSR count). The molecule has 0 amide bonds. The van der Waals surface area contributed by atoms with Crippen LogP contribution in [0.1, 0.15) is 49.1 Å². The predicted octanol–water partition coefficient (Wildman–Crippen LogP) is 5.22. The van der Waals surface area contributed by atoms with Crippen molar-refractivity contribution in [2.24, 2.45) is 0 Å². The van der Waals surface area contributed by atoms with Gasteiger partial charge in [0.1, 0.15) is 11.9 Å². The summed E-state index contributed by atoms with van der Waals surface area (Å²) in [5, 5.41) is 9.47. The lowest BCUT2D eigenvalue weighted by atomic mass is 9.89. The van der Waals surface area contributed by atoms with Gasteiger partial charge in [-0.2, -0.15) is 5.26 Å². The minimum atomic E-state index is -0.272. The largest absolute Gasteiger partial charge is 0.251 e. The van der Waals surface area contributed by atoms with Gasteiger partial charge in [0.25, 0.3) is 0 Å². The zero-order valence-electron chi connectivity index (χ0n) is 13.3. The van der Waals surface area contributed by atoms with Crippen LogP contribution < -0.4 is 0 Å². The number of aryl methyl sites for hydroxylation is 1. The summed E-state index contributed by atoms with van der Waals surface area (Å²) >= 11 is 0. The van der Waals surface area contributed by atoms with Crippen LogP contribution in [0.4, 0.5) is 4.39 Å². The van der Waals surface area contributed by atoms with E-state index >= 15 is 0 Å². The van der Waals surface area contributed by atoms with E-state index in [1.165, 1.54) is 12.1 Å². The van der Waals surface area contributed by atoms with Crippen molar-refractivity contribution in [2.45, 2.75) is 33.6 Å². The van der Waals surface area contributed by atoms with Crippen LogP contribution in [-0.2, 0) is 0 Å². The fourth-order valence-corrected chi connectivity index (χ4v) is 2.64. The maximum Gasteiger partial charge on any atom is 0.123 e. The molecule has 2 aromatic rings. The molecule has 0 fully saturated rings. The number of pyridine rings is 1. The molecule has 112 valence electrons. The zero-order valence-corrected chi connectivity index (χ0v) is 13.3. The summed E-state index contributed by atoms with van der Waals surface area (Å²) in [5.41, 5.74) is 4.91. The number of nitriles is 1. The second-order valence-corrected chi connectivity index (χ2v) is 5.52. The van der Waals surface area contributed by atoms with Gasteiger partial charge in [0, 0.05) is 11.1 Å². The highest BCUT2D eigenvalue weighted by Crippen LogP contribution is 2.33. The Kier molecular flexibility index (Phi) is 4.72.